The minimum absolute atomic E-state index is 0.105. The van der Waals surface area contributed by atoms with Gasteiger partial charge in [0.2, 0.25) is 11.7 Å². The summed E-state index contributed by atoms with van der Waals surface area (Å²) < 4.78 is 11.5. The second-order valence-electron chi connectivity index (χ2n) is 6.30. The maximum atomic E-state index is 5.93. The molecule has 4 atom stereocenters. The van der Waals surface area contributed by atoms with Crippen molar-refractivity contribution in [1.82, 2.24) is 15.5 Å². The Hall–Kier alpha value is -1.88. The molecule has 21 heavy (non-hydrogen) atoms. The molecule has 0 spiro atoms. The molecule has 2 saturated heterocycles. The summed E-state index contributed by atoms with van der Waals surface area (Å²) in [6.45, 7) is 0. The SMILES string of the molecule is c1ccc2c(c1)CC(c1noc(C3CC4CCC3N4)n1)O2. The number of fused-ring (bicyclic) bond motifs is 3. The van der Waals surface area contributed by atoms with E-state index < -0.39 is 0 Å². The molecule has 3 aliphatic heterocycles. The topological polar surface area (TPSA) is 60.2 Å². The molecule has 0 amide bonds. The number of nitrogens with one attached hydrogen (secondary N) is 1. The lowest BCUT2D eigenvalue weighted by Gasteiger charge is -2.15. The minimum Gasteiger partial charge on any atom is -0.482 e. The van der Waals surface area contributed by atoms with Gasteiger partial charge in [-0.15, -0.1) is 0 Å². The fourth-order valence-electron chi connectivity index (χ4n) is 3.95. The lowest BCUT2D eigenvalue weighted by Crippen LogP contribution is -2.21. The number of hydrogen-bond acceptors (Lipinski definition) is 5. The summed E-state index contributed by atoms with van der Waals surface area (Å²) in [7, 11) is 0. The van der Waals surface area contributed by atoms with E-state index in [0.29, 0.717) is 23.8 Å². The van der Waals surface area contributed by atoms with Gasteiger partial charge in [0.15, 0.2) is 6.10 Å². The molecule has 0 radical (unpaired) electrons. The van der Waals surface area contributed by atoms with Crippen molar-refractivity contribution in [1.29, 1.82) is 0 Å². The highest BCUT2D eigenvalue weighted by atomic mass is 16.5. The molecule has 1 aromatic heterocycles. The molecule has 108 valence electrons. The minimum atomic E-state index is -0.105. The van der Waals surface area contributed by atoms with Gasteiger partial charge in [0.05, 0.1) is 5.92 Å². The van der Waals surface area contributed by atoms with E-state index >= 15 is 0 Å². The highest BCUT2D eigenvalue weighted by Crippen LogP contribution is 2.40. The van der Waals surface area contributed by atoms with E-state index in [1.807, 2.05) is 18.2 Å². The molecule has 5 rings (SSSR count). The molecule has 2 bridgehead atoms. The first-order valence-corrected chi connectivity index (χ1v) is 7.71. The summed E-state index contributed by atoms with van der Waals surface area (Å²) in [5.41, 5.74) is 1.22. The van der Waals surface area contributed by atoms with E-state index in [1.165, 1.54) is 18.4 Å². The van der Waals surface area contributed by atoms with Crippen molar-refractivity contribution >= 4 is 0 Å². The van der Waals surface area contributed by atoms with E-state index in [2.05, 4.69) is 21.5 Å². The van der Waals surface area contributed by atoms with Crippen LogP contribution < -0.4 is 10.1 Å². The van der Waals surface area contributed by atoms with Crippen LogP contribution in [0.25, 0.3) is 0 Å². The summed E-state index contributed by atoms with van der Waals surface area (Å²) >= 11 is 0. The smallest absolute Gasteiger partial charge is 0.231 e. The van der Waals surface area contributed by atoms with Crippen LogP contribution in [-0.2, 0) is 6.42 Å². The van der Waals surface area contributed by atoms with Crippen molar-refractivity contribution in [2.75, 3.05) is 0 Å². The molecule has 1 aromatic carbocycles. The number of para-hydroxylation sites is 1. The zero-order valence-electron chi connectivity index (χ0n) is 11.7. The normalized spacial score (nSPS) is 33.1. The molecule has 4 unspecified atom stereocenters. The number of rotatable bonds is 2. The molecule has 1 N–H and O–H groups in total. The summed E-state index contributed by atoms with van der Waals surface area (Å²) in [6.07, 6.45) is 4.34. The zero-order chi connectivity index (χ0) is 13.8. The van der Waals surface area contributed by atoms with Crippen LogP contribution in [0.4, 0.5) is 0 Å². The van der Waals surface area contributed by atoms with Crippen LogP contribution >= 0.6 is 0 Å². The van der Waals surface area contributed by atoms with Gasteiger partial charge >= 0.3 is 0 Å². The Balaban J connectivity index is 1.38. The molecular formula is C16H17N3O2. The maximum Gasteiger partial charge on any atom is 0.231 e. The second-order valence-corrected chi connectivity index (χ2v) is 6.30. The van der Waals surface area contributed by atoms with Crippen molar-refractivity contribution in [3.8, 4) is 5.75 Å². The van der Waals surface area contributed by atoms with Gasteiger partial charge in [0.25, 0.3) is 0 Å². The van der Waals surface area contributed by atoms with Gasteiger partial charge < -0.3 is 14.6 Å². The Labute approximate surface area is 122 Å². The van der Waals surface area contributed by atoms with Crippen LogP contribution in [0.3, 0.4) is 0 Å². The van der Waals surface area contributed by atoms with Crippen LogP contribution in [0.1, 0.15) is 48.6 Å². The van der Waals surface area contributed by atoms with E-state index in [9.17, 15) is 0 Å². The van der Waals surface area contributed by atoms with Crippen molar-refractivity contribution in [2.24, 2.45) is 0 Å². The molecule has 0 saturated carbocycles. The average molecular weight is 283 g/mol. The predicted octanol–water partition coefficient (Wildman–Crippen LogP) is 2.35. The Morgan fingerprint density at radius 1 is 1.19 bits per heavy atom. The quantitative estimate of drug-likeness (QED) is 0.916. The summed E-state index contributed by atoms with van der Waals surface area (Å²) in [5, 5.41) is 7.78. The Kier molecular flexibility index (Phi) is 2.41. The fraction of sp³-hybridized carbons (Fsp3) is 0.500. The van der Waals surface area contributed by atoms with E-state index in [-0.39, 0.29) is 6.10 Å². The first kappa shape index (κ1) is 11.7. The first-order valence-electron chi connectivity index (χ1n) is 7.71. The summed E-state index contributed by atoms with van der Waals surface area (Å²) in [6, 6.07) is 9.27. The van der Waals surface area contributed by atoms with Crippen molar-refractivity contribution < 1.29 is 9.26 Å². The molecule has 5 nitrogen and oxygen atoms in total. The monoisotopic (exact) mass is 283 g/mol. The zero-order valence-corrected chi connectivity index (χ0v) is 11.7. The number of aromatic nitrogens is 2. The van der Waals surface area contributed by atoms with Gasteiger partial charge in [-0.2, -0.15) is 4.98 Å². The first-order chi connectivity index (χ1) is 10.4. The predicted molar refractivity (Wildman–Crippen MR) is 75.1 cm³/mol. The Bertz CT molecular complexity index is 659. The summed E-state index contributed by atoms with van der Waals surface area (Å²) in [4.78, 5) is 4.63. The fourth-order valence-corrected chi connectivity index (χ4v) is 3.95. The van der Waals surface area contributed by atoms with Gasteiger partial charge in [0, 0.05) is 18.5 Å². The van der Waals surface area contributed by atoms with Crippen LogP contribution in [-0.4, -0.2) is 22.2 Å². The standard InChI is InChI=1S/C16H17N3O2/c1-2-4-13-9(3-1)7-14(20-13)15-18-16(21-19-15)11-8-10-5-6-12(11)17-10/h1-4,10-12,14,17H,5-8H2. The van der Waals surface area contributed by atoms with Crippen molar-refractivity contribution in [3.63, 3.8) is 0 Å². The van der Waals surface area contributed by atoms with Gasteiger partial charge in [0.1, 0.15) is 5.75 Å². The maximum absolute atomic E-state index is 5.93. The van der Waals surface area contributed by atoms with Gasteiger partial charge in [-0.1, -0.05) is 23.4 Å². The third-order valence-electron chi connectivity index (χ3n) is 5.01. The third kappa shape index (κ3) is 1.80. The van der Waals surface area contributed by atoms with E-state index in [1.54, 1.807) is 0 Å². The largest absolute Gasteiger partial charge is 0.482 e. The number of ether oxygens (including phenoxy) is 1. The van der Waals surface area contributed by atoms with Gasteiger partial charge in [-0.25, -0.2) is 0 Å². The number of nitrogens with zero attached hydrogens (tertiary/aromatic N) is 2. The lowest BCUT2D eigenvalue weighted by atomic mass is 9.89. The van der Waals surface area contributed by atoms with Crippen LogP contribution in [0.15, 0.2) is 28.8 Å². The molecule has 2 aromatic rings. The van der Waals surface area contributed by atoms with Crippen LogP contribution in [0, 0.1) is 0 Å². The van der Waals surface area contributed by atoms with Crippen LogP contribution in [0.2, 0.25) is 0 Å². The number of benzene rings is 1. The molecular weight excluding hydrogens is 266 g/mol. The Morgan fingerprint density at radius 3 is 2.95 bits per heavy atom. The second kappa shape index (κ2) is 4.31. The van der Waals surface area contributed by atoms with E-state index in [4.69, 9.17) is 9.26 Å². The molecule has 0 aliphatic carbocycles. The van der Waals surface area contributed by atoms with Gasteiger partial charge in [-0.05, 0) is 30.9 Å². The molecule has 4 heterocycles. The molecule has 5 heteroatoms. The highest BCUT2D eigenvalue weighted by molar-refractivity contribution is 5.38. The lowest BCUT2D eigenvalue weighted by molar-refractivity contribution is 0.220. The Morgan fingerprint density at radius 2 is 2.14 bits per heavy atom. The van der Waals surface area contributed by atoms with Crippen molar-refractivity contribution in [2.45, 2.75) is 49.8 Å². The molecule has 2 fully saturated rings. The highest BCUT2D eigenvalue weighted by Gasteiger charge is 2.43. The van der Waals surface area contributed by atoms with Crippen molar-refractivity contribution in [3.05, 3.63) is 41.5 Å². The van der Waals surface area contributed by atoms with Crippen LogP contribution in [0.5, 0.6) is 5.75 Å². The average Bonchev–Trinajstić information content (AvgIpc) is 3.27. The number of hydrogen-bond donors (Lipinski definition) is 1. The van der Waals surface area contributed by atoms with E-state index in [0.717, 1.165) is 24.5 Å². The summed E-state index contributed by atoms with van der Waals surface area (Å²) in [5.74, 6) is 2.79. The third-order valence-corrected chi connectivity index (χ3v) is 5.01. The van der Waals surface area contributed by atoms with Gasteiger partial charge in [-0.3, -0.25) is 0 Å². The molecule has 3 aliphatic rings.